The number of hydrogen-bond donors (Lipinski definition) is 2. The van der Waals surface area contributed by atoms with Crippen LogP contribution in [0.5, 0.6) is 0 Å². The smallest absolute Gasteiger partial charge is 0.293 e. The molecule has 0 unspecified atom stereocenters. The van der Waals surface area contributed by atoms with Crippen molar-refractivity contribution in [3.63, 3.8) is 0 Å². The van der Waals surface area contributed by atoms with Gasteiger partial charge in [0.15, 0.2) is 5.69 Å². The molecule has 0 aliphatic carbocycles. The fourth-order valence-corrected chi connectivity index (χ4v) is 1.45. The molecule has 0 saturated heterocycles. The first-order chi connectivity index (χ1) is 8.98. The van der Waals surface area contributed by atoms with E-state index in [-0.39, 0.29) is 6.54 Å². The molecule has 0 amide bonds. The van der Waals surface area contributed by atoms with Crippen molar-refractivity contribution in [3.05, 3.63) is 51.7 Å². The second kappa shape index (κ2) is 5.09. The van der Waals surface area contributed by atoms with E-state index in [1.165, 1.54) is 0 Å². The Labute approximate surface area is 105 Å². The van der Waals surface area contributed by atoms with E-state index in [1.807, 2.05) is 5.10 Å². The highest BCUT2D eigenvalue weighted by Gasteiger charge is 2.36. The molecule has 0 bridgehead atoms. The molecule has 5 nitrogen and oxygen atoms in total. The minimum absolute atomic E-state index is 0.149. The van der Waals surface area contributed by atoms with Gasteiger partial charge < -0.3 is 0 Å². The summed E-state index contributed by atoms with van der Waals surface area (Å²) in [4.78, 5) is 18.9. The largest absolute Gasteiger partial charge is 0.433 e. The standard InChI is InChI=1S/C11H9F3N4O/c12-11(13,14)9-8(10(19)18-17-9)6-16-5-7-2-1-3-15-4-7/h1-4,6H,5H2,(H2,17,18,19). The molecule has 0 aromatic carbocycles. The SMILES string of the molecule is O=c1[nH][nH]c(C(F)(F)F)c1C=NCc1cccnc1. The maximum absolute atomic E-state index is 12.6. The summed E-state index contributed by atoms with van der Waals surface area (Å²) in [6.07, 6.45) is -0.602. The van der Waals surface area contributed by atoms with Gasteiger partial charge in [-0.3, -0.25) is 25.0 Å². The number of halogens is 3. The van der Waals surface area contributed by atoms with E-state index in [9.17, 15) is 18.0 Å². The second-order valence-electron chi connectivity index (χ2n) is 3.70. The van der Waals surface area contributed by atoms with Crippen molar-refractivity contribution in [2.45, 2.75) is 12.7 Å². The van der Waals surface area contributed by atoms with Gasteiger partial charge in [0.2, 0.25) is 0 Å². The van der Waals surface area contributed by atoms with Crippen LogP contribution in [0.3, 0.4) is 0 Å². The monoisotopic (exact) mass is 270 g/mol. The molecule has 0 aliphatic heterocycles. The molecule has 0 fully saturated rings. The number of pyridine rings is 1. The molecule has 0 atom stereocenters. The molecule has 0 spiro atoms. The molecule has 19 heavy (non-hydrogen) atoms. The predicted octanol–water partition coefficient (Wildman–Crippen LogP) is 1.74. The molecule has 0 aliphatic rings. The second-order valence-corrected chi connectivity index (χ2v) is 3.70. The third-order valence-electron chi connectivity index (χ3n) is 2.32. The Kier molecular flexibility index (Phi) is 3.50. The van der Waals surface area contributed by atoms with E-state index in [4.69, 9.17) is 0 Å². The summed E-state index contributed by atoms with van der Waals surface area (Å²) in [5, 5.41) is 3.68. The van der Waals surface area contributed by atoms with Crippen molar-refractivity contribution in [1.82, 2.24) is 15.2 Å². The van der Waals surface area contributed by atoms with Crippen molar-refractivity contribution >= 4 is 6.21 Å². The van der Waals surface area contributed by atoms with Gasteiger partial charge in [0.05, 0.1) is 12.1 Å². The van der Waals surface area contributed by atoms with Gasteiger partial charge in [0.25, 0.3) is 5.56 Å². The van der Waals surface area contributed by atoms with Crippen LogP contribution in [0.4, 0.5) is 13.2 Å². The Hall–Kier alpha value is -2.38. The summed E-state index contributed by atoms with van der Waals surface area (Å²) >= 11 is 0. The molecule has 100 valence electrons. The van der Waals surface area contributed by atoms with E-state index in [1.54, 1.807) is 29.6 Å². The van der Waals surface area contributed by atoms with Crippen molar-refractivity contribution in [3.8, 4) is 0 Å². The number of aliphatic imine (C=N–C) groups is 1. The zero-order chi connectivity index (χ0) is 13.9. The van der Waals surface area contributed by atoms with Crippen molar-refractivity contribution in [2.75, 3.05) is 0 Å². The number of nitrogens with zero attached hydrogens (tertiary/aromatic N) is 2. The first kappa shape index (κ1) is 13.1. The lowest BCUT2D eigenvalue weighted by Crippen LogP contribution is -2.12. The summed E-state index contributed by atoms with van der Waals surface area (Å²) in [5.74, 6) is 0. The molecule has 0 radical (unpaired) electrons. The van der Waals surface area contributed by atoms with Gasteiger partial charge in [-0.25, -0.2) is 0 Å². The van der Waals surface area contributed by atoms with Gasteiger partial charge in [0.1, 0.15) is 0 Å². The summed E-state index contributed by atoms with van der Waals surface area (Å²) in [6.45, 7) is 0.149. The number of rotatable bonds is 3. The van der Waals surface area contributed by atoms with Crippen molar-refractivity contribution in [1.29, 1.82) is 0 Å². The van der Waals surface area contributed by atoms with Gasteiger partial charge in [-0.2, -0.15) is 13.2 Å². The first-order valence-electron chi connectivity index (χ1n) is 5.25. The minimum atomic E-state index is -4.63. The van der Waals surface area contributed by atoms with E-state index in [0.29, 0.717) is 0 Å². The Bertz CT molecular complexity index is 627. The molecule has 2 aromatic heterocycles. The lowest BCUT2D eigenvalue weighted by molar-refractivity contribution is -0.141. The number of nitrogens with one attached hydrogen (secondary N) is 2. The third kappa shape index (κ3) is 3.09. The highest BCUT2D eigenvalue weighted by molar-refractivity contribution is 5.80. The summed E-state index contributed by atoms with van der Waals surface area (Å²) < 4.78 is 37.7. The Balaban J connectivity index is 2.20. The summed E-state index contributed by atoms with van der Waals surface area (Å²) in [7, 11) is 0. The van der Waals surface area contributed by atoms with Crippen LogP contribution in [0.25, 0.3) is 0 Å². The minimum Gasteiger partial charge on any atom is -0.293 e. The average molecular weight is 270 g/mol. The van der Waals surface area contributed by atoms with E-state index in [2.05, 4.69) is 9.98 Å². The Morgan fingerprint density at radius 3 is 2.79 bits per heavy atom. The third-order valence-corrected chi connectivity index (χ3v) is 2.32. The van der Waals surface area contributed by atoms with Crippen LogP contribution in [0.1, 0.15) is 16.8 Å². The van der Waals surface area contributed by atoms with Crippen LogP contribution in [-0.4, -0.2) is 21.4 Å². The predicted molar refractivity (Wildman–Crippen MR) is 62.0 cm³/mol. The van der Waals surface area contributed by atoms with Gasteiger partial charge in [-0.1, -0.05) is 6.07 Å². The van der Waals surface area contributed by atoms with E-state index < -0.39 is 23.0 Å². The lowest BCUT2D eigenvalue weighted by atomic mass is 10.2. The van der Waals surface area contributed by atoms with E-state index in [0.717, 1.165) is 11.8 Å². The molecule has 0 saturated carbocycles. The van der Waals surface area contributed by atoms with Crippen LogP contribution in [0.15, 0.2) is 34.3 Å². The number of aromatic amines is 2. The summed E-state index contributed by atoms with van der Waals surface area (Å²) in [6, 6.07) is 3.42. The molecule has 2 rings (SSSR count). The van der Waals surface area contributed by atoms with Crippen molar-refractivity contribution in [2.24, 2.45) is 4.99 Å². The lowest BCUT2D eigenvalue weighted by Gasteiger charge is -2.03. The first-order valence-corrected chi connectivity index (χ1v) is 5.25. The number of hydrogen-bond acceptors (Lipinski definition) is 3. The molecule has 2 aromatic rings. The molecule has 8 heteroatoms. The maximum atomic E-state index is 12.6. The van der Waals surface area contributed by atoms with E-state index >= 15 is 0 Å². The van der Waals surface area contributed by atoms with Gasteiger partial charge >= 0.3 is 6.18 Å². The topological polar surface area (TPSA) is 73.9 Å². The fourth-order valence-electron chi connectivity index (χ4n) is 1.45. The molecular weight excluding hydrogens is 261 g/mol. The van der Waals surface area contributed by atoms with Gasteiger partial charge in [-0.15, -0.1) is 0 Å². The number of aromatic nitrogens is 3. The van der Waals surface area contributed by atoms with Crippen LogP contribution in [0.2, 0.25) is 0 Å². The zero-order valence-electron chi connectivity index (χ0n) is 9.53. The van der Waals surface area contributed by atoms with Crippen LogP contribution in [-0.2, 0) is 12.7 Å². The van der Waals surface area contributed by atoms with Gasteiger partial charge in [0, 0.05) is 18.6 Å². The zero-order valence-corrected chi connectivity index (χ0v) is 9.53. The highest BCUT2D eigenvalue weighted by Crippen LogP contribution is 2.28. The average Bonchev–Trinajstić information content (AvgIpc) is 2.72. The van der Waals surface area contributed by atoms with Crippen LogP contribution >= 0.6 is 0 Å². The van der Waals surface area contributed by atoms with Crippen LogP contribution < -0.4 is 5.56 Å². The fraction of sp³-hybridized carbons (Fsp3) is 0.182. The number of H-pyrrole nitrogens is 2. The molecule has 2 heterocycles. The Morgan fingerprint density at radius 2 is 2.16 bits per heavy atom. The maximum Gasteiger partial charge on any atom is 0.433 e. The van der Waals surface area contributed by atoms with Crippen LogP contribution in [0, 0.1) is 0 Å². The van der Waals surface area contributed by atoms with Gasteiger partial charge in [-0.05, 0) is 11.6 Å². The quantitative estimate of drug-likeness (QED) is 0.833. The normalized spacial score (nSPS) is 12.2. The molecular formula is C11H9F3N4O. The summed E-state index contributed by atoms with van der Waals surface area (Å²) in [5.41, 5.74) is -1.79. The van der Waals surface area contributed by atoms with Crippen molar-refractivity contribution < 1.29 is 13.2 Å². The highest BCUT2D eigenvalue weighted by atomic mass is 19.4. The Morgan fingerprint density at radius 1 is 1.37 bits per heavy atom. The number of alkyl halides is 3. The molecule has 2 N–H and O–H groups in total.